The Balaban J connectivity index is 2.26. The Labute approximate surface area is 260 Å². The van der Waals surface area contributed by atoms with E-state index in [4.69, 9.17) is 15.9 Å². The number of urea groups is 1. The molecule has 0 radical (unpaired) electrons. The highest BCUT2D eigenvalue weighted by molar-refractivity contribution is 5.88. The SMILES string of the molecule is NC(=O)C(CCC(=O)O)NC(=O)NC(CCC(=O)NCC1CCC(C(=O)NCCCCC(=O)NCCCC(=O)O)CC1)C(=O)O. The summed E-state index contributed by atoms with van der Waals surface area (Å²) in [6.07, 6.45) is 3.55. The van der Waals surface area contributed by atoms with Crippen LogP contribution in [-0.2, 0) is 33.6 Å². The quantitative estimate of drug-likeness (QED) is 0.0674. The van der Waals surface area contributed by atoms with Crippen molar-refractivity contribution in [3.63, 3.8) is 0 Å². The van der Waals surface area contributed by atoms with Gasteiger partial charge in [-0.15, -0.1) is 0 Å². The molecule has 17 heteroatoms. The lowest BCUT2D eigenvalue weighted by Crippen LogP contribution is -2.52. The van der Waals surface area contributed by atoms with Crippen LogP contribution in [0.5, 0.6) is 0 Å². The van der Waals surface area contributed by atoms with Gasteiger partial charge in [-0.05, 0) is 63.7 Å². The number of aliphatic carboxylic acids is 3. The number of carboxylic acids is 3. The highest BCUT2D eigenvalue weighted by Gasteiger charge is 2.27. The Kier molecular flexibility index (Phi) is 18.3. The van der Waals surface area contributed by atoms with Crippen LogP contribution in [0.15, 0.2) is 0 Å². The minimum atomic E-state index is -1.44. The van der Waals surface area contributed by atoms with Crippen molar-refractivity contribution in [2.24, 2.45) is 17.6 Å². The van der Waals surface area contributed by atoms with Crippen LogP contribution in [0.25, 0.3) is 0 Å². The Hall–Kier alpha value is -4.44. The zero-order chi connectivity index (χ0) is 33.8. The molecule has 0 saturated heterocycles. The van der Waals surface area contributed by atoms with Crippen LogP contribution in [0.1, 0.15) is 83.5 Å². The Bertz CT molecular complexity index is 1050. The molecule has 0 aliphatic heterocycles. The van der Waals surface area contributed by atoms with E-state index in [0.29, 0.717) is 58.2 Å². The summed E-state index contributed by atoms with van der Waals surface area (Å²) in [7, 11) is 0. The Morgan fingerprint density at radius 1 is 0.644 bits per heavy atom. The van der Waals surface area contributed by atoms with Gasteiger partial charge in [-0.1, -0.05) is 0 Å². The molecule has 45 heavy (non-hydrogen) atoms. The van der Waals surface area contributed by atoms with Crippen LogP contribution in [0.3, 0.4) is 0 Å². The van der Waals surface area contributed by atoms with E-state index in [-0.39, 0.29) is 49.3 Å². The molecule has 17 nitrogen and oxygen atoms in total. The average molecular weight is 643 g/mol. The summed E-state index contributed by atoms with van der Waals surface area (Å²) < 4.78 is 0. The normalized spacial score (nSPS) is 17.2. The average Bonchev–Trinajstić information content (AvgIpc) is 2.97. The molecule has 1 saturated carbocycles. The zero-order valence-electron chi connectivity index (χ0n) is 25.3. The topological polar surface area (TPSA) is 283 Å². The maximum atomic E-state index is 12.5. The Morgan fingerprint density at radius 3 is 1.82 bits per heavy atom. The molecule has 1 aliphatic carbocycles. The molecule has 0 heterocycles. The number of rotatable bonds is 22. The van der Waals surface area contributed by atoms with Crippen molar-refractivity contribution in [2.75, 3.05) is 19.6 Å². The van der Waals surface area contributed by atoms with Gasteiger partial charge in [0.25, 0.3) is 0 Å². The fourth-order valence-corrected chi connectivity index (χ4v) is 4.74. The van der Waals surface area contributed by atoms with E-state index >= 15 is 0 Å². The van der Waals surface area contributed by atoms with Gasteiger partial charge in [0.1, 0.15) is 12.1 Å². The molecule has 6 amide bonds. The van der Waals surface area contributed by atoms with Crippen molar-refractivity contribution in [1.82, 2.24) is 26.6 Å². The molecular weight excluding hydrogens is 596 g/mol. The molecule has 0 aromatic heterocycles. The molecule has 2 atom stereocenters. The second-order valence-corrected chi connectivity index (χ2v) is 11.1. The van der Waals surface area contributed by atoms with Crippen LogP contribution in [0, 0.1) is 11.8 Å². The molecule has 0 spiro atoms. The first-order valence-corrected chi connectivity index (χ1v) is 15.1. The van der Waals surface area contributed by atoms with Crippen molar-refractivity contribution >= 4 is 47.6 Å². The van der Waals surface area contributed by atoms with Gasteiger partial charge in [0.2, 0.25) is 23.6 Å². The molecule has 1 fully saturated rings. The number of hydrogen-bond donors (Lipinski definition) is 9. The number of nitrogens with one attached hydrogen (secondary N) is 5. The number of carbonyl (C=O) groups excluding carboxylic acids is 5. The van der Waals surface area contributed by atoms with Gasteiger partial charge in [-0.2, -0.15) is 0 Å². The van der Waals surface area contributed by atoms with Crippen LogP contribution in [0.2, 0.25) is 0 Å². The third kappa shape index (κ3) is 18.1. The fourth-order valence-electron chi connectivity index (χ4n) is 4.74. The highest BCUT2D eigenvalue weighted by Crippen LogP contribution is 2.28. The van der Waals surface area contributed by atoms with Crippen molar-refractivity contribution in [3.05, 3.63) is 0 Å². The number of nitrogens with two attached hydrogens (primary N) is 1. The second-order valence-electron chi connectivity index (χ2n) is 11.1. The van der Waals surface area contributed by atoms with Gasteiger partial charge in [0.05, 0.1) is 0 Å². The van der Waals surface area contributed by atoms with E-state index in [2.05, 4.69) is 26.6 Å². The van der Waals surface area contributed by atoms with E-state index in [0.717, 1.165) is 12.8 Å². The first kappa shape index (κ1) is 38.6. The molecule has 0 aromatic rings. The minimum Gasteiger partial charge on any atom is -0.481 e. The highest BCUT2D eigenvalue weighted by atomic mass is 16.4. The van der Waals surface area contributed by atoms with Crippen LogP contribution in [0.4, 0.5) is 4.79 Å². The van der Waals surface area contributed by atoms with Crippen LogP contribution >= 0.6 is 0 Å². The lowest BCUT2D eigenvalue weighted by atomic mass is 9.81. The number of carbonyl (C=O) groups is 8. The molecule has 0 aromatic carbocycles. The third-order valence-electron chi connectivity index (χ3n) is 7.38. The number of amides is 6. The molecular formula is C28H46N6O11. The molecule has 1 aliphatic rings. The maximum absolute atomic E-state index is 12.5. The van der Waals surface area contributed by atoms with E-state index in [1.165, 1.54) is 0 Å². The summed E-state index contributed by atoms with van der Waals surface area (Å²) in [5.74, 6) is -5.07. The molecule has 0 bridgehead atoms. The monoisotopic (exact) mass is 642 g/mol. The number of primary amides is 1. The predicted molar refractivity (Wildman–Crippen MR) is 157 cm³/mol. The maximum Gasteiger partial charge on any atom is 0.326 e. The second kappa shape index (κ2) is 21.3. The summed E-state index contributed by atoms with van der Waals surface area (Å²) in [5, 5.41) is 39.3. The lowest BCUT2D eigenvalue weighted by Gasteiger charge is -2.28. The molecule has 1 rings (SSSR count). The lowest BCUT2D eigenvalue weighted by molar-refractivity contribution is -0.140. The smallest absolute Gasteiger partial charge is 0.326 e. The van der Waals surface area contributed by atoms with E-state index in [1.54, 1.807) is 0 Å². The number of hydrogen-bond acceptors (Lipinski definition) is 8. The summed E-state index contributed by atoms with van der Waals surface area (Å²) in [6, 6.07) is -3.79. The molecule has 254 valence electrons. The van der Waals surface area contributed by atoms with Crippen molar-refractivity contribution in [1.29, 1.82) is 0 Å². The molecule has 10 N–H and O–H groups in total. The third-order valence-corrected chi connectivity index (χ3v) is 7.38. The van der Waals surface area contributed by atoms with Gasteiger partial charge in [0, 0.05) is 51.2 Å². The van der Waals surface area contributed by atoms with Crippen molar-refractivity contribution < 1.29 is 53.7 Å². The summed E-state index contributed by atoms with van der Waals surface area (Å²) in [4.78, 5) is 92.8. The minimum absolute atomic E-state index is 0.00280. The first-order chi connectivity index (χ1) is 21.3. The molecule has 2 unspecified atom stereocenters. The van der Waals surface area contributed by atoms with Crippen LogP contribution in [-0.4, -0.2) is 94.6 Å². The predicted octanol–water partition coefficient (Wildman–Crippen LogP) is -0.572. The van der Waals surface area contributed by atoms with Gasteiger partial charge in [-0.3, -0.25) is 28.8 Å². The largest absolute Gasteiger partial charge is 0.481 e. The summed E-state index contributed by atoms with van der Waals surface area (Å²) >= 11 is 0. The first-order valence-electron chi connectivity index (χ1n) is 15.1. The summed E-state index contributed by atoms with van der Waals surface area (Å²) in [5.41, 5.74) is 5.15. The number of carboxylic acid groups (broad SMARTS) is 3. The van der Waals surface area contributed by atoms with Crippen LogP contribution < -0.4 is 32.3 Å². The van der Waals surface area contributed by atoms with E-state index in [1.807, 2.05) is 0 Å². The standard InChI is InChI=1S/C28H46N6O11/c29-25(41)19(11-13-24(39)40)33-28(45)34-20(27(43)44)10-12-22(36)32-16-17-6-8-18(9-7-17)26(42)31-14-2-1-4-21(35)30-15-3-5-23(37)38/h17-20H,1-16H2,(H2,29,41)(H,30,35)(H,31,42)(H,32,36)(H,37,38)(H,39,40)(H,43,44)(H2,33,34,45). The fraction of sp³-hybridized carbons (Fsp3) is 0.714. The summed E-state index contributed by atoms with van der Waals surface area (Å²) in [6.45, 7) is 1.13. The number of unbranched alkanes of at least 4 members (excludes halogenated alkanes) is 1. The van der Waals surface area contributed by atoms with E-state index in [9.17, 15) is 43.5 Å². The Morgan fingerprint density at radius 2 is 1.22 bits per heavy atom. The van der Waals surface area contributed by atoms with Gasteiger partial charge < -0.3 is 47.6 Å². The van der Waals surface area contributed by atoms with Crippen molar-refractivity contribution in [3.8, 4) is 0 Å². The van der Waals surface area contributed by atoms with Gasteiger partial charge >= 0.3 is 23.9 Å². The zero-order valence-corrected chi connectivity index (χ0v) is 25.3. The van der Waals surface area contributed by atoms with Gasteiger partial charge in [0.15, 0.2) is 0 Å². The van der Waals surface area contributed by atoms with E-state index < -0.39 is 54.3 Å². The van der Waals surface area contributed by atoms with Gasteiger partial charge in [-0.25, -0.2) is 9.59 Å². The van der Waals surface area contributed by atoms with Crippen molar-refractivity contribution in [2.45, 2.75) is 95.6 Å².